The topological polar surface area (TPSA) is 123 Å². The highest BCUT2D eigenvalue weighted by Gasteiger charge is 2.41. The second-order valence-electron chi connectivity index (χ2n) is 11.8. The van der Waals surface area contributed by atoms with Crippen molar-refractivity contribution < 1.29 is 28.6 Å². The first-order chi connectivity index (χ1) is 23.9. The third-order valence-electron chi connectivity index (χ3n) is 8.78. The van der Waals surface area contributed by atoms with Gasteiger partial charge in [-0.3, -0.25) is 19.3 Å². The monoisotopic (exact) mass is 677 g/mol. The van der Waals surface area contributed by atoms with Crippen LogP contribution in [0.3, 0.4) is 0 Å². The van der Waals surface area contributed by atoms with Crippen molar-refractivity contribution in [3.63, 3.8) is 0 Å². The third kappa shape index (κ3) is 6.83. The van der Waals surface area contributed by atoms with Crippen LogP contribution in [0.4, 0.5) is 5.82 Å². The van der Waals surface area contributed by atoms with Gasteiger partial charge in [-0.2, -0.15) is 0 Å². The number of carbonyl (C=O) groups is 3. The summed E-state index contributed by atoms with van der Waals surface area (Å²) in [5.41, 5.74) is 5.49. The number of imide groups is 1. The van der Waals surface area contributed by atoms with E-state index in [0.717, 1.165) is 53.9 Å². The molecule has 0 bridgehead atoms. The molecule has 0 radical (unpaired) electrons. The molecule has 5 aromatic rings. The molecule has 0 spiro atoms. The molecule has 0 aliphatic carbocycles. The van der Waals surface area contributed by atoms with E-state index in [2.05, 4.69) is 34.6 Å². The molecule has 3 aromatic carbocycles. The molecule has 11 nitrogen and oxygen atoms in total. The smallest absolute Gasteiger partial charge is 0.255 e. The van der Waals surface area contributed by atoms with Crippen molar-refractivity contribution in [1.82, 2.24) is 19.8 Å². The van der Waals surface area contributed by atoms with Crippen molar-refractivity contribution in [3.05, 3.63) is 90.1 Å². The second kappa shape index (κ2) is 14.0. The maximum absolute atomic E-state index is 13.0. The Morgan fingerprint density at radius 2 is 1.69 bits per heavy atom. The minimum atomic E-state index is -0.623. The molecule has 0 saturated carbocycles. The van der Waals surface area contributed by atoms with E-state index in [1.54, 1.807) is 35.5 Å². The van der Waals surface area contributed by atoms with Crippen molar-refractivity contribution in [2.75, 3.05) is 45.8 Å². The molecule has 7 rings (SSSR count). The Hall–Kier alpha value is -5.33. The lowest BCUT2D eigenvalue weighted by Crippen LogP contribution is -2.53. The van der Waals surface area contributed by atoms with Gasteiger partial charge in [-0.15, -0.1) is 11.3 Å². The Kier molecular flexibility index (Phi) is 9.23. The maximum atomic E-state index is 13.0. The number of benzene rings is 3. The summed E-state index contributed by atoms with van der Waals surface area (Å²) in [6, 6.07) is 23.0. The average Bonchev–Trinajstić information content (AvgIpc) is 3.70. The predicted octanol–water partition coefficient (Wildman–Crippen LogP) is 5.64. The Morgan fingerprint density at radius 1 is 0.898 bits per heavy atom. The van der Waals surface area contributed by atoms with E-state index < -0.39 is 6.04 Å². The van der Waals surface area contributed by atoms with E-state index >= 15 is 0 Å². The number of hydrogen-bond donors (Lipinski definition) is 1. The van der Waals surface area contributed by atoms with Gasteiger partial charge in [0.2, 0.25) is 5.91 Å². The highest BCUT2D eigenvalue weighted by atomic mass is 32.1. The van der Waals surface area contributed by atoms with Gasteiger partial charge in [0.05, 0.1) is 30.5 Å². The standard InChI is InChI=1S/C37H35N5O6S/c1-41-34(43)14-12-31(37(41)45)42-22-26-19-28(8-10-29(26)36(42)44)48-18-17-47-16-15-38-33-13-7-25(21-39-33)23-3-5-24(6-4-23)35-40-30-11-9-27(46-2)20-32(30)49-35/h3-11,13,19-21,31H,12,14-18,22H2,1-2H3,(H,38,39). The first-order valence-corrected chi connectivity index (χ1v) is 16.9. The van der Waals surface area contributed by atoms with E-state index in [1.165, 1.54) is 7.05 Å². The van der Waals surface area contributed by atoms with Crippen LogP contribution in [-0.4, -0.2) is 84.1 Å². The summed E-state index contributed by atoms with van der Waals surface area (Å²) in [6.07, 6.45) is 2.45. The van der Waals surface area contributed by atoms with Gasteiger partial charge >= 0.3 is 0 Å². The zero-order valence-electron chi connectivity index (χ0n) is 27.2. The van der Waals surface area contributed by atoms with Crippen LogP contribution in [-0.2, 0) is 20.9 Å². The molecule has 1 atom stereocenters. The second-order valence-corrected chi connectivity index (χ2v) is 12.9. The SMILES string of the molecule is COc1ccc2nc(-c3ccc(-c4ccc(NCCOCCOc5ccc6c(c5)CN(C5CCC(=O)N(C)C5=O)C6=O)nc4)cc3)sc2c1. The number of aromatic nitrogens is 2. The molecule has 250 valence electrons. The molecule has 2 aromatic heterocycles. The summed E-state index contributed by atoms with van der Waals surface area (Å²) in [7, 11) is 3.13. The van der Waals surface area contributed by atoms with E-state index in [-0.39, 0.29) is 24.1 Å². The number of amides is 3. The fourth-order valence-corrected chi connectivity index (χ4v) is 7.05. The summed E-state index contributed by atoms with van der Waals surface area (Å²) in [6.45, 7) is 2.13. The first-order valence-electron chi connectivity index (χ1n) is 16.1. The third-order valence-corrected chi connectivity index (χ3v) is 9.85. The van der Waals surface area contributed by atoms with Crippen LogP contribution in [0.15, 0.2) is 79.0 Å². The molecule has 2 aliphatic heterocycles. The van der Waals surface area contributed by atoms with Crippen LogP contribution in [0.1, 0.15) is 28.8 Å². The lowest BCUT2D eigenvalue weighted by Gasteiger charge is -2.33. The van der Waals surface area contributed by atoms with Gasteiger partial charge in [-0.1, -0.05) is 24.3 Å². The number of fused-ring (bicyclic) bond motifs is 2. The van der Waals surface area contributed by atoms with Gasteiger partial charge in [0.25, 0.3) is 11.8 Å². The van der Waals surface area contributed by atoms with Gasteiger partial charge in [0.1, 0.15) is 35.0 Å². The number of rotatable bonds is 12. The van der Waals surface area contributed by atoms with Crippen LogP contribution in [0, 0.1) is 0 Å². The van der Waals surface area contributed by atoms with Crippen molar-refractivity contribution >= 4 is 45.1 Å². The van der Waals surface area contributed by atoms with Crippen molar-refractivity contribution in [2.24, 2.45) is 0 Å². The number of nitrogens with one attached hydrogen (secondary N) is 1. The molecule has 1 saturated heterocycles. The number of likely N-dealkylation sites (tertiary alicyclic amines) is 1. The summed E-state index contributed by atoms with van der Waals surface area (Å²) < 4.78 is 18.0. The number of thiazole rings is 1. The van der Waals surface area contributed by atoms with Crippen LogP contribution < -0.4 is 14.8 Å². The number of piperidine rings is 1. The summed E-state index contributed by atoms with van der Waals surface area (Å²) in [5.74, 6) is 1.48. The van der Waals surface area contributed by atoms with Crippen LogP contribution in [0.25, 0.3) is 31.9 Å². The van der Waals surface area contributed by atoms with Crippen LogP contribution in [0.2, 0.25) is 0 Å². The normalized spacial score (nSPS) is 16.0. The van der Waals surface area contributed by atoms with Gasteiger partial charge in [-0.05, 0) is 66.1 Å². The van der Waals surface area contributed by atoms with Crippen LogP contribution >= 0.6 is 11.3 Å². The van der Waals surface area contributed by atoms with Gasteiger partial charge < -0.3 is 24.4 Å². The number of pyridine rings is 1. The van der Waals surface area contributed by atoms with Crippen molar-refractivity contribution in [2.45, 2.75) is 25.4 Å². The molecule has 1 N–H and O–H groups in total. The molecule has 49 heavy (non-hydrogen) atoms. The summed E-state index contributed by atoms with van der Waals surface area (Å²) in [5, 5.41) is 4.25. The highest BCUT2D eigenvalue weighted by molar-refractivity contribution is 7.21. The Morgan fingerprint density at radius 3 is 2.49 bits per heavy atom. The summed E-state index contributed by atoms with van der Waals surface area (Å²) >= 11 is 1.65. The maximum Gasteiger partial charge on any atom is 0.255 e. The van der Waals surface area contributed by atoms with Crippen molar-refractivity contribution in [1.29, 1.82) is 0 Å². The molecule has 2 aliphatic rings. The number of methoxy groups -OCH3 is 1. The minimum absolute atomic E-state index is 0.194. The van der Waals surface area contributed by atoms with Gasteiger partial charge in [0.15, 0.2) is 0 Å². The van der Waals surface area contributed by atoms with E-state index in [9.17, 15) is 14.4 Å². The molecule has 1 unspecified atom stereocenters. The number of likely N-dealkylation sites (N-methyl/N-ethyl adjacent to an activating group) is 1. The number of nitrogens with zero attached hydrogens (tertiary/aromatic N) is 4. The zero-order chi connectivity index (χ0) is 33.9. The molecule has 4 heterocycles. The number of hydrogen-bond acceptors (Lipinski definition) is 10. The molecular formula is C37H35N5O6S. The lowest BCUT2D eigenvalue weighted by molar-refractivity contribution is -0.150. The quantitative estimate of drug-likeness (QED) is 0.132. The van der Waals surface area contributed by atoms with E-state index in [0.29, 0.717) is 50.6 Å². The Bertz CT molecular complexity index is 2010. The Labute approximate surface area is 287 Å². The number of carbonyl (C=O) groups excluding carboxylic acids is 3. The fourth-order valence-electron chi connectivity index (χ4n) is 6.05. The molecule has 1 fully saturated rings. The predicted molar refractivity (Wildman–Crippen MR) is 187 cm³/mol. The zero-order valence-corrected chi connectivity index (χ0v) is 28.0. The number of ether oxygens (including phenoxy) is 3. The molecular weight excluding hydrogens is 643 g/mol. The van der Waals surface area contributed by atoms with Gasteiger partial charge in [0, 0.05) is 49.4 Å². The van der Waals surface area contributed by atoms with E-state index in [4.69, 9.17) is 19.2 Å². The first kappa shape index (κ1) is 32.2. The minimum Gasteiger partial charge on any atom is -0.497 e. The Balaban J connectivity index is 0.830. The highest BCUT2D eigenvalue weighted by Crippen LogP contribution is 2.34. The summed E-state index contributed by atoms with van der Waals surface area (Å²) in [4.78, 5) is 49.4. The average molecular weight is 678 g/mol. The fraction of sp³-hybridized carbons (Fsp3) is 0.270. The lowest BCUT2D eigenvalue weighted by atomic mass is 10.0. The number of anilines is 1. The van der Waals surface area contributed by atoms with Crippen LogP contribution in [0.5, 0.6) is 11.5 Å². The van der Waals surface area contributed by atoms with Crippen molar-refractivity contribution in [3.8, 4) is 33.2 Å². The van der Waals surface area contributed by atoms with E-state index in [1.807, 2.05) is 42.6 Å². The molecule has 3 amide bonds. The van der Waals surface area contributed by atoms with Gasteiger partial charge in [-0.25, -0.2) is 9.97 Å². The largest absolute Gasteiger partial charge is 0.497 e. The molecule has 12 heteroatoms.